The molecule has 1 rings (SSSR count). The van der Waals surface area contributed by atoms with Crippen LogP contribution in [-0.4, -0.2) is 23.6 Å². The maximum absolute atomic E-state index is 13.7. The number of rotatable bonds is 4. The molecule has 0 fully saturated rings. The quantitative estimate of drug-likeness (QED) is 0.896. The van der Waals surface area contributed by atoms with Crippen LogP contribution >= 0.6 is 0 Å². The topological polar surface area (TPSA) is 67.4 Å². The van der Waals surface area contributed by atoms with Crippen molar-refractivity contribution in [2.45, 2.75) is 45.8 Å². The minimum absolute atomic E-state index is 0.294. The Morgan fingerprint density at radius 3 is 2.57 bits per heavy atom. The highest BCUT2D eigenvalue weighted by Crippen LogP contribution is 2.07. The van der Waals surface area contributed by atoms with Gasteiger partial charge in [0, 0.05) is 12.1 Å². The molecule has 1 aromatic rings. The van der Waals surface area contributed by atoms with Crippen LogP contribution in [0, 0.1) is 5.82 Å². The Labute approximate surface area is 126 Å². The first kappa shape index (κ1) is 13.9. The standard InChI is InChI=1S/C15H21FN2O3/c1-10(18-14(20)21-15(2,3)4)13(19)17-9-11-7-5-6-8-12(11)16/h5-8,10H,9H2,1-4H3,(H,17,19)(H,18,20)/i9D2. The molecule has 0 aliphatic heterocycles. The largest absolute Gasteiger partial charge is 0.444 e. The first-order valence-electron chi connectivity index (χ1n) is 7.49. The molecule has 0 radical (unpaired) electrons. The lowest BCUT2D eigenvalue weighted by Gasteiger charge is -2.21. The van der Waals surface area contributed by atoms with E-state index in [0.29, 0.717) is 0 Å². The minimum Gasteiger partial charge on any atom is -0.444 e. The fourth-order valence-corrected chi connectivity index (χ4v) is 1.35. The number of alkyl carbamates (subject to hydrolysis) is 1. The van der Waals surface area contributed by atoms with Gasteiger partial charge in [-0.2, -0.15) is 0 Å². The SMILES string of the molecule is [2H]C([2H])(NC(=O)C(C)NC(=O)OC(C)(C)C)c1ccccc1F. The summed E-state index contributed by atoms with van der Waals surface area (Å²) in [5, 5.41) is 4.36. The second-order valence-corrected chi connectivity index (χ2v) is 5.46. The van der Waals surface area contributed by atoms with E-state index in [4.69, 9.17) is 7.48 Å². The molecule has 6 heteroatoms. The molecule has 0 aliphatic rings. The van der Waals surface area contributed by atoms with E-state index in [-0.39, 0.29) is 5.56 Å². The van der Waals surface area contributed by atoms with Crippen molar-refractivity contribution in [1.29, 1.82) is 0 Å². The number of hydrogen-bond donors (Lipinski definition) is 2. The number of nitrogens with one attached hydrogen (secondary N) is 2. The first-order valence-corrected chi connectivity index (χ1v) is 6.49. The fraction of sp³-hybridized carbons (Fsp3) is 0.467. The Bertz CT molecular complexity index is 588. The zero-order valence-electron chi connectivity index (χ0n) is 14.5. The van der Waals surface area contributed by atoms with Gasteiger partial charge in [0.15, 0.2) is 0 Å². The van der Waals surface area contributed by atoms with E-state index in [2.05, 4.69) is 10.6 Å². The summed E-state index contributed by atoms with van der Waals surface area (Å²) in [6.45, 7) is 3.99. The average Bonchev–Trinajstić information content (AvgIpc) is 2.35. The van der Waals surface area contributed by atoms with E-state index in [9.17, 15) is 14.0 Å². The molecule has 0 aromatic heterocycles. The van der Waals surface area contributed by atoms with Crippen molar-refractivity contribution in [2.75, 3.05) is 0 Å². The Kier molecular flexibility index (Phi) is 4.66. The second-order valence-electron chi connectivity index (χ2n) is 5.46. The number of ether oxygens (including phenoxy) is 1. The summed E-state index contributed by atoms with van der Waals surface area (Å²) in [6, 6.07) is 4.17. The van der Waals surface area contributed by atoms with Crippen molar-refractivity contribution in [3.63, 3.8) is 0 Å². The molecule has 0 aliphatic carbocycles. The molecule has 1 atom stereocenters. The molecule has 0 spiro atoms. The lowest BCUT2D eigenvalue weighted by molar-refractivity contribution is -0.122. The van der Waals surface area contributed by atoms with Crippen molar-refractivity contribution in [3.8, 4) is 0 Å². The van der Waals surface area contributed by atoms with E-state index in [1.54, 1.807) is 20.8 Å². The van der Waals surface area contributed by atoms with Gasteiger partial charge in [-0.05, 0) is 33.8 Å². The number of hydrogen-bond acceptors (Lipinski definition) is 3. The lowest BCUT2D eigenvalue weighted by atomic mass is 10.2. The summed E-state index contributed by atoms with van der Waals surface area (Å²) in [7, 11) is 0. The molecule has 0 saturated heterocycles. The van der Waals surface area contributed by atoms with Crippen LogP contribution < -0.4 is 10.6 Å². The number of amides is 2. The van der Waals surface area contributed by atoms with Crippen molar-refractivity contribution in [1.82, 2.24) is 10.6 Å². The van der Waals surface area contributed by atoms with Crippen molar-refractivity contribution in [2.24, 2.45) is 0 Å². The third-order valence-corrected chi connectivity index (χ3v) is 2.32. The summed E-state index contributed by atoms with van der Waals surface area (Å²) in [5.41, 5.74) is -1.01. The third kappa shape index (κ3) is 6.25. The summed E-state index contributed by atoms with van der Waals surface area (Å²) in [5.74, 6) is -1.57. The Balaban J connectivity index is 2.71. The van der Waals surface area contributed by atoms with Crippen LogP contribution in [0.25, 0.3) is 0 Å². The summed E-state index contributed by atoms with van der Waals surface area (Å²) < 4.78 is 34.3. The van der Waals surface area contributed by atoms with Gasteiger partial charge in [-0.25, -0.2) is 9.18 Å². The van der Waals surface area contributed by atoms with Crippen LogP contribution in [0.15, 0.2) is 24.3 Å². The minimum atomic E-state index is -2.41. The van der Waals surface area contributed by atoms with Crippen LogP contribution in [0.4, 0.5) is 9.18 Å². The maximum atomic E-state index is 13.7. The van der Waals surface area contributed by atoms with Crippen molar-refractivity contribution >= 4 is 12.0 Å². The van der Waals surface area contributed by atoms with Gasteiger partial charge in [0.25, 0.3) is 0 Å². The second kappa shape index (κ2) is 7.06. The van der Waals surface area contributed by atoms with Gasteiger partial charge in [-0.15, -0.1) is 0 Å². The molecule has 2 amide bonds. The number of carbonyl (C=O) groups is 2. The number of carbonyl (C=O) groups excluding carboxylic acids is 2. The average molecular weight is 298 g/mol. The first-order chi connectivity index (χ1) is 10.4. The Morgan fingerprint density at radius 2 is 2.00 bits per heavy atom. The Morgan fingerprint density at radius 1 is 1.38 bits per heavy atom. The van der Waals surface area contributed by atoms with Gasteiger partial charge in [0.05, 0.1) is 2.74 Å². The van der Waals surface area contributed by atoms with Gasteiger partial charge in [0.2, 0.25) is 5.91 Å². The molecule has 0 bridgehead atoms. The van der Waals surface area contributed by atoms with Gasteiger partial charge >= 0.3 is 6.09 Å². The highest BCUT2D eigenvalue weighted by Gasteiger charge is 2.20. The van der Waals surface area contributed by atoms with E-state index in [1.807, 2.05) is 0 Å². The van der Waals surface area contributed by atoms with Crippen LogP contribution in [0.3, 0.4) is 0 Å². The fourth-order valence-electron chi connectivity index (χ4n) is 1.35. The van der Waals surface area contributed by atoms with Gasteiger partial charge in [-0.1, -0.05) is 18.2 Å². The molecule has 21 heavy (non-hydrogen) atoms. The number of halogens is 1. The monoisotopic (exact) mass is 298 g/mol. The van der Waals surface area contributed by atoms with Gasteiger partial charge in [0.1, 0.15) is 17.5 Å². The van der Waals surface area contributed by atoms with Gasteiger partial charge in [-0.3, -0.25) is 4.79 Å². The molecular weight excluding hydrogens is 275 g/mol. The predicted octanol–water partition coefficient (Wildman–Crippen LogP) is 2.36. The highest BCUT2D eigenvalue weighted by atomic mass is 19.1. The molecular formula is C15H21FN2O3. The molecule has 0 heterocycles. The van der Waals surface area contributed by atoms with E-state index in [1.165, 1.54) is 25.1 Å². The van der Waals surface area contributed by atoms with Crippen LogP contribution in [0.2, 0.25) is 0 Å². The predicted molar refractivity (Wildman–Crippen MR) is 77.1 cm³/mol. The zero-order chi connectivity index (χ0) is 17.8. The summed E-state index contributed by atoms with van der Waals surface area (Å²) in [6.07, 6.45) is -0.799. The van der Waals surface area contributed by atoms with Crippen LogP contribution in [-0.2, 0) is 16.0 Å². The number of benzene rings is 1. The molecule has 1 aromatic carbocycles. The van der Waals surface area contributed by atoms with E-state index in [0.717, 1.165) is 6.07 Å². The molecule has 116 valence electrons. The molecule has 5 nitrogen and oxygen atoms in total. The van der Waals surface area contributed by atoms with Gasteiger partial charge < -0.3 is 15.4 Å². The smallest absolute Gasteiger partial charge is 0.408 e. The van der Waals surface area contributed by atoms with E-state index < -0.39 is 36.0 Å². The van der Waals surface area contributed by atoms with Crippen LogP contribution in [0.5, 0.6) is 0 Å². The zero-order valence-corrected chi connectivity index (χ0v) is 12.5. The van der Waals surface area contributed by atoms with Crippen molar-refractivity contribution < 1.29 is 21.5 Å². The van der Waals surface area contributed by atoms with Crippen molar-refractivity contribution in [3.05, 3.63) is 35.6 Å². The molecule has 1 unspecified atom stereocenters. The van der Waals surface area contributed by atoms with E-state index >= 15 is 0 Å². The third-order valence-electron chi connectivity index (χ3n) is 2.32. The Hall–Kier alpha value is -2.11. The summed E-state index contributed by atoms with van der Waals surface area (Å²) in [4.78, 5) is 23.6. The summed E-state index contributed by atoms with van der Waals surface area (Å²) >= 11 is 0. The normalized spacial score (nSPS) is 14.5. The van der Waals surface area contributed by atoms with Crippen LogP contribution in [0.1, 0.15) is 36.0 Å². The molecule has 0 saturated carbocycles. The maximum Gasteiger partial charge on any atom is 0.408 e. The lowest BCUT2D eigenvalue weighted by Crippen LogP contribution is -2.46. The molecule has 2 N–H and O–H groups in total. The highest BCUT2D eigenvalue weighted by molar-refractivity contribution is 5.85.